The summed E-state index contributed by atoms with van der Waals surface area (Å²) in [4.78, 5) is 27.5. The zero-order valence-corrected chi connectivity index (χ0v) is 19.2. The first-order chi connectivity index (χ1) is 14.9. The molecule has 1 unspecified atom stereocenters. The predicted molar refractivity (Wildman–Crippen MR) is 126 cm³/mol. The van der Waals surface area contributed by atoms with E-state index >= 15 is 0 Å². The van der Waals surface area contributed by atoms with Crippen molar-refractivity contribution in [2.24, 2.45) is 0 Å². The molecule has 3 rings (SSSR count). The number of benzene rings is 2. The van der Waals surface area contributed by atoms with Crippen molar-refractivity contribution in [3.63, 3.8) is 0 Å². The molecule has 0 aromatic heterocycles. The molecule has 2 aromatic carbocycles. The van der Waals surface area contributed by atoms with E-state index in [0.717, 1.165) is 44.3 Å². The van der Waals surface area contributed by atoms with E-state index in [1.54, 1.807) is 0 Å². The van der Waals surface area contributed by atoms with Crippen LogP contribution >= 0.6 is 0 Å². The molecule has 0 spiro atoms. The summed E-state index contributed by atoms with van der Waals surface area (Å²) in [7, 11) is 0. The molecule has 1 amide bonds. The summed E-state index contributed by atoms with van der Waals surface area (Å²) in [5, 5.41) is 3.03. The molecule has 4 heteroatoms. The van der Waals surface area contributed by atoms with Gasteiger partial charge in [-0.1, -0.05) is 42.5 Å². The van der Waals surface area contributed by atoms with Crippen LogP contribution in [0, 0.1) is 0 Å². The summed E-state index contributed by atoms with van der Waals surface area (Å²) in [6.07, 6.45) is 4.34. The van der Waals surface area contributed by atoms with Gasteiger partial charge in [0.15, 0.2) is 5.78 Å². The number of ketones is 1. The number of hydrogen-bond acceptors (Lipinski definition) is 3. The molecule has 0 saturated carbocycles. The Morgan fingerprint density at radius 2 is 1.65 bits per heavy atom. The van der Waals surface area contributed by atoms with E-state index in [0.29, 0.717) is 6.04 Å². The number of carbonyl (C=O) groups excluding carboxylic acids is 2. The van der Waals surface area contributed by atoms with E-state index in [-0.39, 0.29) is 30.6 Å². The molecular weight excluding hydrogens is 384 g/mol. The van der Waals surface area contributed by atoms with Gasteiger partial charge in [0.1, 0.15) is 0 Å². The topological polar surface area (TPSA) is 49.4 Å². The Balaban J connectivity index is 1.45. The average molecular weight is 421 g/mol. The molecule has 166 valence electrons. The number of nitrogens with one attached hydrogen (secondary N) is 1. The van der Waals surface area contributed by atoms with Gasteiger partial charge < -0.3 is 10.2 Å². The van der Waals surface area contributed by atoms with Gasteiger partial charge in [-0.15, -0.1) is 0 Å². The molecule has 1 aliphatic rings. The van der Waals surface area contributed by atoms with Crippen molar-refractivity contribution in [2.75, 3.05) is 13.1 Å². The fourth-order valence-corrected chi connectivity index (χ4v) is 4.25. The van der Waals surface area contributed by atoms with Gasteiger partial charge in [0.05, 0.1) is 0 Å². The molecular formula is C27H36N2O2. The number of rotatable bonds is 9. The monoisotopic (exact) mass is 420 g/mol. The molecule has 0 aliphatic carbocycles. The molecule has 0 radical (unpaired) electrons. The van der Waals surface area contributed by atoms with Crippen LogP contribution in [0.1, 0.15) is 67.1 Å². The largest absolute Gasteiger partial charge is 0.354 e. The third-order valence-electron chi connectivity index (χ3n) is 6.29. The maximum atomic E-state index is 12.7. The Morgan fingerprint density at radius 1 is 0.935 bits per heavy atom. The summed E-state index contributed by atoms with van der Waals surface area (Å²) in [5.41, 5.74) is 4.65. The number of fused-ring (bicyclic) bond motifs is 1. The first-order valence-corrected chi connectivity index (χ1v) is 11.6. The van der Waals surface area contributed by atoms with Gasteiger partial charge in [-0.25, -0.2) is 0 Å². The molecule has 1 heterocycles. The Kier molecular flexibility index (Phi) is 8.42. The minimum atomic E-state index is -0.0451. The van der Waals surface area contributed by atoms with E-state index in [4.69, 9.17) is 0 Å². The van der Waals surface area contributed by atoms with Gasteiger partial charge in [0.25, 0.3) is 0 Å². The Bertz CT molecular complexity index is 876. The fourth-order valence-electron chi connectivity index (χ4n) is 4.25. The Hall–Kier alpha value is -2.46. The van der Waals surface area contributed by atoms with Gasteiger partial charge in [-0.2, -0.15) is 0 Å². The van der Waals surface area contributed by atoms with E-state index < -0.39 is 0 Å². The molecule has 0 bridgehead atoms. The average Bonchev–Trinajstić information content (AvgIpc) is 2.99. The highest BCUT2D eigenvalue weighted by atomic mass is 16.2. The van der Waals surface area contributed by atoms with Crippen LogP contribution in [0.15, 0.2) is 48.5 Å². The molecule has 31 heavy (non-hydrogen) atoms. The maximum absolute atomic E-state index is 12.7. The number of carbonyl (C=O) groups is 2. The van der Waals surface area contributed by atoms with Crippen molar-refractivity contribution in [1.82, 2.24) is 10.2 Å². The highest BCUT2D eigenvalue weighted by Crippen LogP contribution is 2.20. The lowest BCUT2D eigenvalue weighted by Gasteiger charge is -2.23. The summed E-state index contributed by atoms with van der Waals surface area (Å²) in [5.74, 6) is 0.0103. The zero-order chi connectivity index (χ0) is 22.2. The van der Waals surface area contributed by atoms with Crippen molar-refractivity contribution in [3.05, 3.63) is 70.8 Å². The Labute approximate surface area is 187 Å². The minimum absolute atomic E-state index is 0.0451. The molecule has 1 N–H and O–H groups in total. The van der Waals surface area contributed by atoms with Crippen LogP contribution in [-0.2, 0) is 24.1 Å². The third kappa shape index (κ3) is 7.03. The number of amides is 1. The summed E-state index contributed by atoms with van der Waals surface area (Å²) >= 11 is 0. The zero-order valence-electron chi connectivity index (χ0n) is 19.2. The van der Waals surface area contributed by atoms with Crippen molar-refractivity contribution in [2.45, 2.75) is 71.4 Å². The third-order valence-corrected chi connectivity index (χ3v) is 6.29. The summed E-state index contributed by atoms with van der Waals surface area (Å²) < 4.78 is 0. The number of Topliss-reactive ketones (excluding diaryl/α,β-unsaturated/α-hetero) is 1. The molecule has 1 aliphatic heterocycles. The van der Waals surface area contributed by atoms with Crippen molar-refractivity contribution < 1.29 is 9.59 Å². The highest BCUT2D eigenvalue weighted by Gasteiger charge is 2.18. The van der Waals surface area contributed by atoms with E-state index in [2.05, 4.69) is 48.3 Å². The number of hydrogen-bond donors (Lipinski definition) is 1. The lowest BCUT2D eigenvalue weighted by Crippen LogP contribution is -2.33. The minimum Gasteiger partial charge on any atom is -0.354 e. The summed E-state index contributed by atoms with van der Waals surface area (Å²) in [6.45, 7) is 8.60. The summed E-state index contributed by atoms with van der Waals surface area (Å²) in [6, 6.07) is 17.0. The van der Waals surface area contributed by atoms with Crippen LogP contribution in [0.3, 0.4) is 0 Å². The van der Waals surface area contributed by atoms with Crippen LogP contribution in [0.25, 0.3) is 0 Å². The first-order valence-electron chi connectivity index (χ1n) is 11.6. The van der Waals surface area contributed by atoms with Crippen LogP contribution in [0.4, 0.5) is 0 Å². The Morgan fingerprint density at radius 3 is 2.35 bits per heavy atom. The normalized spacial score (nSPS) is 15.2. The quantitative estimate of drug-likeness (QED) is 0.604. The van der Waals surface area contributed by atoms with Gasteiger partial charge in [0, 0.05) is 43.6 Å². The second-order valence-electron chi connectivity index (χ2n) is 9.03. The highest BCUT2D eigenvalue weighted by molar-refractivity contribution is 5.98. The molecule has 0 fully saturated rings. The standard InChI is InChI=1S/C27H36N2O2/c1-20(2)29-17-15-23-11-12-25(19-24(23)16-18-29)26(30)13-14-27(31)28-21(3)9-10-22-7-5-4-6-8-22/h4-8,11-12,19-21H,9-10,13-18H2,1-3H3,(H,28,31). The van der Waals surface area contributed by atoms with Gasteiger partial charge in [-0.3, -0.25) is 9.59 Å². The number of aryl methyl sites for hydroxylation is 1. The van der Waals surface area contributed by atoms with E-state index in [1.807, 2.05) is 31.2 Å². The van der Waals surface area contributed by atoms with Crippen LogP contribution in [-0.4, -0.2) is 41.8 Å². The van der Waals surface area contributed by atoms with Gasteiger partial charge in [0.2, 0.25) is 5.91 Å². The van der Waals surface area contributed by atoms with Crippen LogP contribution < -0.4 is 5.32 Å². The van der Waals surface area contributed by atoms with E-state index in [1.165, 1.54) is 16.7 Å². The van der Waals surface area contributed by atoms with E-state index in [9.17, 15) is 9.59 Å². The molecule has 0 saturated heterocycles. The number of nitrogens with zero attached hydrogens (tertiary/aromatic N) is 1. The van der Waals surface area contributed by atoms with Crippen LogP contribution in [0.5, 0.6) is 0 Å². The molecule has 4 nitrogen and oxygen atoms in total. The second kappa shape index (κ2) is 11.2. The lowest BCUT2D eigenvalue weighted by molar-refractivity contribution is -0.121. The second-order valence-corrected chi connectivity index (χ2v) is 9.03. The predicted octanol–water partition coefficient (Wildman–Crippen LogP) is 4.60. The smallest absolute Gasteiger partial charge is 0.220 e. The van der Waals surface area contributed by atoms with Crippen molar-refractivity contribution >= 4 is 11.7 Å². The SMILES string of the molecule is CC(CCc1ccccc1)NC(=O)CCC(=O)c1ccc2c(c1)CCN(C(C)C)CC2. The van der Waals surface area contributed by atoms with Crippen molar-refractivity contribution in [3.8, 4) is 0 Å². The lowest BCUT2D eigenvalue weighted by atomic mass is 9.97. The van der Waals surface area contributed by atoms with Crippen molar-refractivity contribution in [1.29, 1.82) is 0 Å². The van der Waals surface area contributed by atoms with Gasteiger partial charge in [-0.05, 0) is 69.2 Å². The van der Waals surface area contributed by atoms with Crippen LogP contribution in [0.2, 0.25) is 0 Å². The fraction of sp³-hybridized carbons (Fsp3) is 0.481. The maximum Gasteiger partial charge on any atom is 0.220 e. The molecule has 2 aromatic rings. The van der Waals surface area contributed by atoms with Gasteiger partial charge >= 0.3 is 0 Å². The molecule has 1 atom stereocenters. The first kappa shape index (κ1) is 23.2.